The summed E-state index contributed by atoms with van der Waals surface area (Å²) in [6, 6.07) is 9.99. The Morgan fingerprint density at radius 3 is 1.16 bits per heavy atom. The van der Waals surface area contributed by atoms with Gasteiger partial charge in [-0.3, -0.25) is 38.4 Å². The van der Waals surface area contributed by atoms with Gasteiger partial charge in [0.2, 0.25) is 23.6 Å². The van der Waals surface area contributed by atoms with Crippen LogP contribution < -0.4 is 85.8 Å². The van der Waals surface area contributed by atoms with Crippen molar-refractivity contribution in [2.45, 2.75) is 107 Å². The van der Waals surface area contributed by atoms with Crippen LogP contribution in [0.1, 0.15) is 124 Å². The molecule has 0 spiro atoms. The molecule has 83 heavy (non-hydrogen) atoms. The number of methoxy groups -OCH3 is 3. The molecular weight excluding hydrogens is 1090 g/mol. The van der Waals surface area contributed by atoms with Gasteiger partial charge in [0.1, 0.15) is 35.4 Å². The van der Waals surface area contributed by atoms with E-state index < -0.39 is 88.7 Å². The number of nitrogens with two attached hydrogens (primary N) is 6. The van der Waals surface area contributed by atoms with Gasteiger partial charge < -0.3 is 85.8 Å². The van der Waals surface area contributed by atoms with Crippen molar-refractivity contribution in [1.29, 1.82) is 0 Å². The van der Waals surface area contributed by atoms with Crippen LogP contribution >= 0.6 is 0 Å². The Kier molecular flexibility index (Phi) is 27.1. The second kappa shape index (κ2) is 33.5. The van der Waals surface area contributed by atoms with Gasteiger partial charge in [-0.2, -0.15) is 13.2 Å². The molecule has 19 N–H and O–H groups in total. The third-order valence-corrected chi connectivity index (χ3v) is 13.0. The minimum atomic E-state index is -4.94. The molecule has 8 amide bonds. The molecule has 0 aliphatic rings. The van der Waals surface area contributed by atoms with Crippen LogP contribution in [0.2, 0.25) is 0 Å². The maximum atomic E-state index is 14.2. The number of carbonyl (C=O) groups excluding carboxylic acids is 8. The van der Waals surface area contributed by atoms with Gasteiger partial charge in [-0.25, -0.2) is 0 Å². The Morgan fingerprint density at radius 1 is 0.446 bits per heavy atom. The van der Waals surface area contributed by atoms with Gasteiger partial charge >= 0.3 is 6.18 Å². The number of hydrogen-bond acceptors (Lipinski definition) is 16. The summed E-state index contributed by atoms with van der Waals surface area (Å²) in [7, 11) is 3.96. The van der Waals surface area contributed by atoms with E-state index in [0.717, 1.165) is 6.07 Å². The third-order valence-electron chi connectivity index (χ3n) is 13.0. The molecule has 0 unspecified atom stereocenters. The molecule has 4 atom stereocenters. The number of ether oxygens (including phenoxy) is 3. The van der Waals surface area contributed by atoms with Crippen molar-refractivity contribution >= 4 is 70.0 Å². The van der Waals surface area contributed by atoms with E-state index in [4.69, 9.17) is 48.6 Å². The predicted molar refractivity (Wildman–Crippen MR) is 307 cm³/mol. The Bertz CT molecular complexity index is 2890. The van der Waals surface area contributed by atoms with Crippen molar-refractivity contribution in [3.63, 3.8) is 0 Å². The SMILES string of the molecule is COc1ccc(NC(=O)[C@H](CCCCN)NC(=O)c2cc(NC(=O)[C@H](CCCCN)NC(=O)c3cc(NC(=O)[C@H](CCCCN)NC(=O)c4cc(NC(=O)[C@@H](N)CCCCN)cc(C(F)(F)F)c4)ccc3OC)ccc2OC)cc1C(N)=O. The second-order valence-corrected chi connectivity index (χ2v) is 19.2. The van der Waals surface area contributed by atoms with Crippen LogP contribution in [0.25, 0.3) is 0 Å². The molecule has 0 saturated carbocycles. The van der Waals surface area contributed by atoms with Crippen LogP contribution in [0.3, 0.4) is 0 Å². The number of hydrogen-bond donors (Lipinski definition) is 13. The van der Waals surface area contributed by atoms with E-state index in [-0.39, 0.29) is 95.5 Å². The smallest absolute Gasteiger partial charge is 0.416 e. The summed E-state index contributed by atoms with van der Waals surface area (Å²) >= 11 is 0. The fourth-order valence-corrected chi connectivity index (χ4v) is 8.46. The first kappa shape index (κ1) is 67.1. The van der Waals surface area contributed by atoms with Crippen molar-refractivity contribution in [1.82, 2.24) is 16.0 Å². The highest BCUT2D eigenvalue weighted by molar-refractivity contribution is 6.07. The average molecular weight is 1160 g/mol. The zero-order chi connectivity index (χ0) is 61.2. The van der Waals surface area contributed by atoms with E-state index in [1.807, 2.05) is 0 Å². The molecule has 27 heteroatoms. The monoisotopic (exact) mass is 1160 g/mol. The van der Waals surface area contributed by atoms with Crippen LogP contribution in [-0.4, -0.2) is 119 Å². The van der Waals surface area contributed by atoms with Gasteiger partial charge in [-0.05, 0) is 170 Å². The van der Waals surface area contributed by atoms with Crippen LogP contribution in [0.4, 0.5) is 35.9 Å². The van der Waals surface area contributed by atoms with E-state index >= 15 is 0 Å². The highest BCUT2D eigenvalue weighted by atomic mass is 19.4. The number of rotatable bonds is 34. The molecule has 0 bridgehead atoms. The summed E-state index contributed by atoms with van der Waals surface area (Å²) in [6.07, 6.45) is -0.871. The molecule has 4 aromatic rings. The lowest BCUT2D eigenvalue weighted by Gasteiger charge is -2.22. The topological polar surface area (TPSA) is 405 Å². The number of primary amides is 1. The standard InChI is InChI=1S/C56H76F3N13O11/c1-81-45-19-16-34(29-38(45)48(65)73)66-54(79)43(14-6-10-24-62)71-50(75)40-31-36(18-21-47(40)83-3)68-55(80)44(15-7-11-25-63)72-51(76)39-30-35(17-20-46(39)82-2)67-53(78)42(13-5-9-23-61)70-49(74)32-26-33(56(57,58)59)28-37(27-32)69-52(77)41(64)12-4-8-22-60/h16-21,26-31,41-44H,4-15,22-25,60-64H2,1-3H3,(H2,65,73)(H,66,79)(H,67,78)(H,68,80)(H,69,77)(H,70,74)(H,71,75)(H,72,76)/t41-,42-,43-,44-/m0/s1. The van der Waals surface area contributed by atoms with Crippen LogP contribution in [-0.2, 0) is 25.4 Å². The van der Waals surface area contributed by atoms with E-state index in [1.165, 1.54) is 75.9 Å². The maximum absolute atomic E-state index is 14.2. The van der Waals surface area contributed by atoms with Gasteiger partial charge in [0.25, 0.3) is 23.6 Å². The fraction of sp³-hybridized carbons (Fsp3) is 0.429. The predicted octanol–water partition coefficient (Wildman–Crippen LogP) is 3.82. The lowest BCUT2D eigenvalue weighted by Crippen LogP contribution is -2.44. The quantitative estimate of drug-likeness (QED) is 0.0296. The van der Waals surface area contributed by atoms with Gasteiger partial charge in [0.05, 0.1) is 49.6 Å². The number of nitrogens with one attached hydrogen (secondary N) is 7. The number of anilines is 4. The van der Waals surface area contributed by atoms with Gasteiger partial charge in [-0.1, -0.05) is 6.42 Å². The Morgan fingerprint density at radius 2 is 0.795 bits per heavy atom. The van der Waals surface area contributed by atoms with Crippen molar-refractivity contribution in [2.75, 3.05) is 68.8 Å². The Balaban J connectivity index is 1.57. The Labute approximate surface area is 478 Å². The van der Waals surface area contributed by atoms with Crippen LogP contribution in [0.5, 0.6) is 17.2 Å². The Hall–Kier alpha value is -8.37. The van der Waals surface area contributed by atoms with Crippen molar-refractivity contribution < 1.29 is 65.7 Å². The number of unbranched alkanes of at least 4 members (excludes halogenated alkanes) is 4. The van der Waals surface area contributed by atoms with Crippen LogP contribution in [0.15, 0.2) is 72.8 Å². The molecule has 4 rings (SSSR count). The fourth-order valence-electron chi connectivity index (χ4n) is 8.46. The maximum Gasteiger partial charge on any atom is 0.416 e. The zero-order valence-corrected chi connectivity index (χ0v) is 46.6. The van der Waals surface area contributed by atoms with Gasteiger partial charge in [0, 0.05) is 28.3 Å². The summed E-state index contributed by atoms with van der Waals surface area (Å²) in [6.45, 7) is 1.18. The minimum absolute atomic E-state index is 0.0153. The average Bonchev–Trinajstić information content (AvgIpc) is 3.62. The molecular formula is C56H76F3N13O11. The number of amides is 8. The first-order valence-electron chi connectivity index (χ1n) is 26.9. The minimum Gasteiger partial charge on any atom is -0.496 e. The number of halogens is 3. The lowest BCUT2D eigenvalue weighted by molar-refractivity contribution is -0.137. The van der Waals surface area contributed by atoms with Gasteiger partial charge in [-0.15, -0.1) is 0 Å². The summed E-state index contributed by atoms with van der Waals surface area (Å²) in [4.78, 5) is 109. The number of benzene rings is 4. The molecule has 24 nitrogen and oxygen atoms in total. The number of alkyl halides is 3. The largest absolute Gasteiger partial charge is 0.496 e. The molecule has 0 saturated heterocycles. The highest BCUT2D eigenvalue weighted by Gasteiger charge is 2.33. The lowest BCUT2D eigenvalue weighted by atomic mass is 10.0. The highest BCUT2D eigenvalue weighted by Crippen LogP contribution is 2.33. The van der Waals surface area contributed by atoms with Crippen molar-refractivity contribution in [2.24, 2.45) is 34.4 Å². The second-order valence-electron chi connectivity index (χ2n) is 19.2. The van der Waals surface area contributed by atoms with E-state index in [2.05, 4.69) is 37.2 Å². The van der Waals surface area contributed by atoms with Crippen molar-refractivity contribution in [3.05, 3.63) is 101 Å². The summed E-state index contributed by atoms with van der Waals surface area (Å²) in [5.41, 5.74) is 32.2. The first-order chi connectivity index (χ1) is 39.6. The van der Waals surface area contributed by atoms with Crippen LogP contribution in [0, 0.1) is 0 Å². The molecule has 0 heterocycles. The van der Waals surface area contributed by atoms with E-state index in [0.29, 0.717) is 76.6 Å². The molecule has 0 radical (unpaired) electrons. The van der Waals surface area contributed by atoms with E-state index in [9.17, 15) is 51.5 Å². The van der Waals surface area contributed by atoms with E-state index in [1.54, 1.807) is 0 Å². The molecule has 0 aliphatic heterocycles. The molecule has 4 aromatic carbocycles. The summed E-state index contributed by atoms with van der Waals surface area (Å²) in [5.74, 6) is -6.08. The molecule has 0 aliphatic carbocycles. The molecule has 452 valence electrons. The molecule has 0 fully saturated rings. The number of carbonyl (C=O) groups is 8. The van der Waals surface area contributed by atoms with Gasteiger partial charge in [0.15, 0.2) is 0 Å². The summed E-state index contributed by atoms with van der Waals surface area (Å²) < 4.78 is 58.5. The summed E-state index contributed by atoms with van der Waals surface area (Å²) in [5, 5.41) is 18.4. The van der Waals surface area contributed by atoms with Crippen molar-refractivity contribution in [3.8, 4) is 17.2 Å². The molecule has 0 aromatic heterocycles. The first-order valence-corrected chi connectivity index (χ1v) is 26.9. The normalized spacial score (nSPS) is 12.6. The third kappa shape index (κ3) is 20.8. The zero-order valence-electron chi connectivity index (χ0n) is 46.6.